The zero-order valence-corrected chi connectivity index (χ0v) is 19.6. The molecule has 1 aliphatic heterocycles. The Balaban J connectivity index is 1.33. The van der Waals surface area contributed by atoms with Crippen molar-refractivity contribution in [3.8, 4) is 11.3 Å². The second-order valence-corrected chi connectivity index (χ2v) is 8.30. The van der Waals surface area contributed by atoms with E-state index in [1.165, 1.54) is 18.3 Å². The third kappa shape index (κ3) is 5.30. The first-order valence-corrected chi connectivity index (χ1v) is 11.5. The van der Waals surface area contributed by atoms with Gasteiger partial charge in [0.2, 0.25) is 17.8 Å². The standard InChI is InChI=1S/C25H24N8O3/c1-17-15-19(33(34)35)9-11-21(17)22-12-10-20(36-22)16-26-31-24-28-23(27-18-7-3-2-4-8-18)29-25(30-24)32-13-5-6-14-32/h2-4,7-12,15-16H,5-6,13-14H2,1H3,(H2,27,28,29,30,31)/b26-16-. The topological polar surface area (TPSA) is 135 Å². The summed E-state index contributed by atoms with van der Waals surface area (Å²) in [4.78, 5) is 26.2. The van der Waals surface area contributed by atoms with Crippen LogP contribution in [-0.2, 0) is 0 Å². The number of anilines is 4. The fourth-order valence-corrected chi connectivity index (χ4v) is 3.94. The average molecular weight is 485 g/mol. The van der Waals surface area contributed by atoms with Crippen LogP contribution >= 0.6 is 0 Å². The van der Waals surface area contributed by atoms with Gasteiger partial charge in [0.25, 0.3) is 5.69 Å². The van der Waals surface area contributed by atoms with Gasteiger partial charge in [0.1, 0.15) is 11.5 Å². The Morgan fingerprint density at radius 2 is 1.81 bits per heavy atom. The van der Waals surface area contributed by atoms with E-state index in [4.69, 9.17) is 4.42 Å². The Morgan fingerprint density at radius 3 is 2.56 bits per heavy atom. The van der Waals surface area contributed by atoms with Crippen molar-refractivity contribution >= 4 is 35.4 Å². The van der Waals surface area contributed by atoms with Crippen LogP contribution in [0.25, 0.3) is 11.3 Å². The minimum Gasteiger partial charge on any atom is -0.455 e. The molecule has 5 rings (SSSR count). The molecule has 11 heteroatoms. The largest absolute Gasteiger partial charge is 0.455 e. The Morgan fingerprint density at radius 1 is 1.03 bits per heavy atom. The van der Waals surface area contributed by atoms with Gasteiger partial charge in [0, 0.05) is 36.5 Å². The zero-order chi connectivity index (χ0) is 24.9. The number of nitro benzene ring substituents is 1. The van der Waals surface area contributed by atoms with Gasteiger partial charge in [-0.15, -0.1) is 0 Å². The van der Waals surface area contributed by atoms with Crippen LogP contribution in [-0.4, -0.2) is 39.2 Å². The van der Waals surface area contributed by atoms with E-state index in [0.717, 1.165) is 42.7 Å². The van der Waals surface area contributed by atoms with Gasteiger partial charge in [0.05, 0.1) is 11.1 Å². The van der Waals surface area contributed by atoms with E-state index in [0.29, 0.717) is 29.4 Å². The Hall–Kier alpha value is -4.80. The number of hydrogen-bond donors (Lipinski definition) is 2. The lowest BCUT2D eigenvalue weighted by Crippen LogP contribution is -2.21. The third-order valence-corrected chi connectivity index (χ3v) is 5.71. The van der Waals surface area contributed by atoms with Crippen LogP contribution in [0.3, 0.4) is 0 Å². The molecule has 2 aromatic heterocycles. The first-order chi connectivity index (χ1) is 17.5. The summed E-state index contributed by atoms with van der Waals surface area (Å²) in [6.07, 6.45) is 3.72. The molecule has 2 aromatic carbocycles. The fraction of sp³-hybridized carbons (Fsp3) is 0.200. The summed E-state index contributed by atoms with van der Waals surface area (Å²) >= 11 is 0. The van der Waals surface area contributed by atoms with Crippen LogP contribution in [0, 0.1) is 17.0 Å². The lowest BCUT2D eigenvalue weighted by atomic mass is 10.1. The number of nitrogens with one attached hydrogen (secondary N) is 2. The first kappa shape index (κ1) is 23.0. The average Bonchev–Trinajstić information content (AvgIpc) is 3.57. The molecule has 36 heavy (non-hydrogen) atoms. The number of rotatable bonds is 8. The van der Waals surface area contributed by atoms with E-state index in [-0.39, 0.29) is 5.69 Å². The Labute approximate surface area is 207 Å². The summed E-state index contributed by atoms with van der Waals surface area (Å²) in [6, 6.07) is 17.9. The summed E-state index contributed by atoms with van der Waals surface area (Å²) < 4.78 is 5.86. The Bertz CT molecular complexity index is 1400. The van der Waals surface area contributed by atoms with E-state index in [9.17, 15) is 10.1 Å². The molecule has 1 fully saturated rings. The van der Waals surface area contributed by atoms with Crippen molar-refractivity contribution < 1.29 is 9.34 Å². The molecule has 1 aliphatic rings. The van der Waals surface area contributed by atoms with Gasteiger partial charge in [-0.25, -0.2) is 5.43 Å². The number of nitro groups is 1. The van der Waals surface area contributed by atoms with E-state index in [1.807, 2.05) is 30.3 Å². The molecule has 0 radical (unpaired) electrons. The first-order valence-electron chi connectivity index (χ1n) is 11.5. The fourth-order valence-electron chi connectivity index (χ4n) is 3.94. The number of para-hydroxylation sites is 1. The number of aromatic nitrogens is 3. The van der Waals surface area contributed by atoms with Crippen molar-refractivity contribution in [2.24, 2.45) is 5.10 Å². The highest BCUT2D eigenvalue weighted by Crippen LogP contribution is 2.28. The van der Waals surface area contributed by atoms with Crippen molar-refractivity contribution in [2.75, 3.05) is 28.7 Å². The number of hydrogen-bond acceptors (Lipinski definition) is 10. The van der Waals surface area contributed by atoms with E-state index in [2.05, 4.69) is 35.7 Å². The predicted molar refractivity (Wildman–Crippen MR) is 138 cm³/mol. The van der Waals surface area contributed by atoms with Gasteiger partial charge < -0.3 is 14.6 Å². The highest BCUT2D eigenvalue weighted by Gasteiger charge is 2.18. The summed E-state index contributed by atoms with van der Waals surface area (Å²) in [6.45, 7) is 3.60. The second kappa shape index (κ2) is 10.2. The molecule has 4 aromatic rings. The van der Waals surface area contributed by atoms with Crippen LogP contribution in [0.4, 0.5) is 29.2 Å². The number of benzene rings is 2. The summed E-state index contributed by atoms with van der Waals surface area (Å²) in [5, 5.41) is 18.4. The van der Waals surface area contributed by atoms with Crippen LogP contribution in [0.2, 0.25) is 0 Å². The highest BCUT2D eigenvalue weighted by molar-refractivity contribution is 5.78. The van der Waals surface area contributed by atoms with Crippen LogP contribution in [0.5, 0.6) is 0 Å². The highest BCUT2D eigenvalue weighted by atomic mass is 16.6. The molecule has 2 N–H and O–H groups in total. The molecular weight excluding hydrogens is 460 g/mol. The van der Waals surface area contributed by atoms with E-state index < -0.39 is 4.92 Å². The maximum atomic E-state index is 11.0. The predicted octanol–water partition coefficient (Wildman–Crippen LogP) is 5.14. The normalized spacial score (nSPS) is 13.3. The SMILES string of the molecule is Cc1cc([N+](=O)[O-])ccc1-c1ccc(/C=N\Nc2nc(Nc3ccccc3)nc(N3CCCC3)n2)o1. The van der Waals surface area contributed by atoms with Gasteiger partial charge >= 0.3 is 0 Å². The number of nitrogens with zero attached hydrogens (tertiary/aromatic N) is 6. The van der Waals surface area contributed by atoms with Crippen LogP contribution in [0.1, 0.15) is 24.2 Å². The molecule has 0 spiro atoms. The molecule has 0 atom stereocenters. The lowest BCUT2D eigenvalue weighted by molar-refractivity contribution is -0.384. The van der Waals surface area contributed by atoms with Crippen molar-refractivity contribution in [3.63, 3.8) is 0 Å². The van der Waals surface area contributed by atoms with Crippen molar-refractivity contribution in [1.82, 2.24) is 15.0 Å². The number of hydrazone groups is 1. The molecule has 0 unspecified atom stereocenters. The maximum absolute atomic E-state index is 11.0. The molecular formula is C25H24N8O3. The minimum absolute atomic E-state index is 0.0422. The van der Waals surface area contributed by atoms with Crippen molar-refractivity contribution in [3.05, 3.63) is 82.1 Å². The monoisotopic (exact) mass is 484 g/mol. The summed E-state index contributed by atoms with van der Waals surface area (Å²) in [5.41, 5.74) is 5.31. The third-order valence-electron chi connectivity index (χ3n) is 5.71. The number of non-ortho nitro benzene ring substituents is 1. The van der Waals surface area contributed by atoms with Gasteiger partial charge in [-0.3, -0.25) is 10.1 Å². The molecule has 11 nitrogen and oxygen atoms in total. The van der Waals surface area contributed by atoms with Gasteiger partial charge in [-0.2, -0.15) is 20.1 Å². The zero-order valence-electron chi connectivity index (χ0n) is 19.6. The maximum Gasteiger partial charge on any atom is 0.269 e. The molecule has 182 valence electrons. The molecule has 0 aliphatic carbocycles. The van der Waals surface area contributed by atoms with Gasteiger partial charge in [0.15, 0.2) is 0 Å². The summed E-state index contributed by atoms with van der Waals surface area (Å²) in [7, 11) is 0. The number of aryl methyl sites for hydroxylation is 1. The second-order valence-electron chi connectivity index (χ2n) is 8.30. The van der Waals surface area contributed by atoms with Crippen molar-refractivity contribution in [1.29, 1.82) is 0 Å². The Kier molecular flexibility index (Phi) is 6.52. The van der Waals surface area contributed by atoms with Crippen molar-refractivity contribution in [2.45, 2.75) is 19.8 Å². The molecule has 1 saturated heterocycles. The molecule has 3 heterocycles. The number of furan rings is 1. The molecule has 0 saturated carbocycles. The van der Waals surface area contributed by atoms with E-state index >= 15 is 0 Å². The van der Waals surface area contributed by atoms with Gasteiger partial charge in [-0.05, 0) is 55.7 Å². The minimum atomic E-state index is -0.417. The van der Waals surface area contributed by atoms with Gasteiger partial charge in [-0.1, -0.05) is 18.2 Å². The molecule has 0 amide bonds. The lowest BCUT2D eigenvalue weighted by Gasteiger charge is -2.16. The van der Waals surface area contributed by atoms with E-state index in [1.54, 1.807) is 25.1 Å². The smallest absolute Gasteiger partial charge is 0.269 e. The van der Waals surface area contributed by atoms with Crippen LogP contribution < -0.4 is 15.6 Å². The van der Waals surface area contributed by atoms with Crippen LogP contribution in [0.15, 0.2) is 70.2 Å². The quantitative estimate of drug-likeness (QED) is 0.198. The summed E-state index contributed by atoms with van der Waals surface area (Å²) in [5.74, 6) is 2.42. The molecule has 0 bridgehead atoms.